The van der Waals surface area contributed by atoms with E-state index in [-0.39, 0.29) is 0 Å². The fourth-order valence-electron chi connectivity index (χ4n) is 2.19. The van der Waals surface area contributed by atoms with E-state index in [0.717, 1.165) is 16.9 Å². The molecule has 3 aromatic rings. The molecule has 0 radical (unpaired) electrons. The Morgan fingerprint density at radius 2 is 2.08 bits per heavy atom. The van der Waals surface area contributed by atoms with E-state index in [0.29, 0.717) is 27.2 Å². The average Bonchev–Trinajstić information content (AvgIpc) is 2.97. The molecule has 0 aliphatic rings. The van der Waals surface area contributed by atoms with Gasteiger partial charge in [-0.05, 0) is 49.0 Å². The number of rotatable bonds is 5. The van der Waals surface area contributed by atoms with Crippen molar-refractivity contribution in [2.75, 3.05) is 6.61 Å². The smallest absolute Gasteiger partial charge is 0.216 e. The monoisotopic (exact) mass is 392 g/mol. The number of benzene rings is 2. The van der Waals surface area contributed by atoms with Crippen molar-refractivity contribution < 1.29 is 4.74 Å². The van der Waals surface area contributed by atoms with Gasteiger partial charge in [-0.25, -0.2) is 5.10 Å². The van der Waals surface area contributed by atoms with Gasteiger partial charge in [0.1, 0.15) is 5.75 Å². The first-order chi connectivity index (χ1) is 12.1. The molecular weight excluding hydrogens is 379 g/mol. The van der Waals surface area contributed by atoms with Crippen molar-refractivity contribution in [3.05, 3.63) is 62.8 Å². The molecule has 8 heteroatoms. The van der Waals surface area contributed by atoms with Gasteiger partial charge >= 0.3 is 0 Å². The maximum atomic E-state index is 6.03. The summed E-state index contributed by atoms with van der Waals surface area (Å²) >= 11 is 17.2. The van der Waals surface area contributed by atoms with Gasteiger partial charge in [-0.2, -0.15) is 14.9 Å². The van der Waals surface area contributed by atoms with E-state index in [4.69, 9.17) is 40.2 Å². The van der Waals surface area contributed by atoms with E-state index in [2.05, 4.69) is 15.3 Å². The van der Waals surface area contributed by atoms with Crippen LogP contribution in [0.2, 0.25) is 10.0 Å². The van der Waals surface area contributed by atoms with Crippen LogP contribution in [0.3, 0.4) is 0 Å². The second-order valence-corrected chi connectivity index (χ2v) is 6.24. The van der Waals surface area contributed by atoms with Crippen molar-refractivity contribution in [2.45, 2.75) is 6.92 Å². The molecule has 0 spiro atoms. The number of aromatic amines is 1. The normalized spacial score (nSPS) is 11.2. The number of hydrogen-bond acceptors (Lipinski definition) is 4. The molecule has 0 aliphatic heterocycles. The Bertz CT molecular complexity index is 981. The van der Waals surface area contributed by atoms with Crippen LogP contribution in [0.15, 0.2) is 47.6 Å². The number of nitrogens with zero attached hydrogens (tertiary/aromatic N) is 3. The molecule has 0 amide bonds. The lowest BCUT2D eigenvalue weighted by atomic mass is 10.2. The van der Waals surface area contributed by atoms with Gasteiger partial charge in [0.15, 0.2) is 5.82 Å². The van der Waals surface area contributed by atoms with Crippen molar-refractivity contribution in [1.82, 2.24) is 14.9 Å². The number of H-pyrrole nitrogens is 1. The highest BCUT2D eigenvalue weighted by molar-refractivity contribution is 7.71. The molecular formula is C17H14Cl2N4OS. The quantitative estimate of drug-likeness (QED) is 0.479. The van der Waals surface area contributed by atoms with Gasteiger partial charge < -0.3 is 4.74 Å². The van der Waals surface area contributed by atoms with E-state index in [1.54, 1.807) is 23.0 Å². The molecule has 5 nitrogen and oxygen atoms in total. The lowest BCUT2D eigenvalue weighted by Crippen LogP contribution is -1.96. The molecule has 0 aliphatic carbocycles. The highest BCUT2D eigenvalue weighted by Gasteiger charge is 2.09. The van der Waals surface area contributed by atoms with Crippen LogP contribution in [0.4, 0.5) is 0 Å². The molecule has 0 bridgehead atoms. The van der Waals surface area contributed by atoms with Crippen LogP contribution in [0.5, 0.6) is 5.75 Å². The summed E-state index contributed by atoms with van der Waals surface area (Å²) in [4.78, 5) is 0. The fraction of sp³-hybridized carbons (Fsp3) is 0.118. The topological polar surface area (TPSA) is 55.2 Å². The average molecular weight is 393 g/mol. The SMILES string of the molecule is CCOc1cccc(-c2n[nH]c(=S)n2/N=C\c2ccc(Cl)c(Cl)c2)c1. The Morgan fingerprint density at radius 1 is 1.24 bits per heavy atom. The minimum absolute atomic E-state index is 0.383. The van der Waals surface area contributed by atoms with Gasteiger partial charge in [0.25, 0.3) is 0 Å². The van der Waals surface area contributed by atoms with E-state index < -0.39 is 0 Å². The Morgan fingerprint density at radius 3 is 2.84 bits per heavy atom. The predicted octanol–water partition coefficient (Wildman–Crippen LogP) is 5.20. The summed E-state index contributed by atoms with van der Waals surface area (Å²) in [6.07, 6.45) is 1.64. The molecule has 128 valence electrons. The van der Waals surface area contributed by atoms with Crippen LogP contribution in [0, 0.1) is 4.77 Å². The summed E-state index contributed by atoms with van der Waals surface area (Å²) in [5.41, 5.74) is 1.64. The largest absolute Gasteiger partial charge is 0.494 e. The van der Waals surface area contributed by atoms with Gasteiger partial charge in [0, 0.05) is 5.56 Å². The first-order valence-corrected chi connectivity index (χ1v) is 8.65. The number of aromatic nitrogens is 3. The molecule has 0 saturated carbocycles. The van der Waals surface area contributed by atoms with Crippen molar-refractivity contribution in [3.63, 3.8) is 0 Å². The van der Waals surface area contributed by atoms with Gasteiger partial charge in [0.2, 0.25) is 4.77 Å². The zero-order valence-corrected chi connectivity index (χ0v) is 15.6. The Kier molecular flexibility index (Phi) is 5.53. The van der Waals surface area contributed by atoms with Crippen LogP contribution in [-0.4, -0.2) is 27.7 Å². The van der Waals surface area contributed by atoms with Crippen molar-refractivity contribution in [2.24, 2.45) is 5.10 Å². The van der Waals surface area contributed by atoms with Gasteiger partial charge in [-0.1, -0.05) is 41.4 Å². The molecule has 25 heavy (non-hydrogen) atoms. The maximum Gasteiger partial charge on any atom is 0.216 e. The van der Waals surface area contributed by atoms with Crippen LogP contribution in [-0.2, 0) is 0 Å². The van der Waals surface area contributed by atoms with Crippen LogP contribution in [0.1, 0.15) is 12.5 Å². The third-order valence-electron chi connectivity index (χ3n) is 3.32. The summed E-state index contributed by atoms with van der Waals surface area (Å²) in [6, 6.07) is 12.8. The molecule has 0 fully saturated rings. The highest BCUT2D eigenvalue weighted by Crippen LogP contribution is 2.24. The number of nitrogens with one attached hydrogen (secondary N) is 1. The van der Waals surface area contributed by atoms with Gasteiger partial charge in [-0.3, -0.25) is 0 Å². The Labute approximate surface area is 159 Å². The predicted molar refractivity (Wildman–Crippen MR) is 103 cm³/mol. The van der Waals surface area contributed by atoms with E-state index in [1.165, 1.54) is 0 Å². The molecule has 0 atom stereocenters. The maximum absolute atomic E-state index is 6.03. The lowest BCUT2D eigenvalue weighted by Gasteiger charge is -2.05. The van der Waals surface area contributed by atoms with Crippen molar-refractivity contribution in [3.8, 4) is 17.1 Å². The molecule has 0 unspecified atom stereocenters. The van der Waals surface area contributed by atoms with E-state index in [1.807, 2.05) is 37.3 Å². The highest BCUT2D eigenvalue weighted by atomic mass is 35.5. The Balaban J connectivity index is 1.97. The Hall–Kier alpha value is -2.15. The molecule has 1 N–H and O–H groups in total. The second-order valence-electron chi connectivity index (χ2n) is 5.04. The van der Waals surface area contributed by atoms with Gasteiger partial charge in [0.05, 0.1) is 22.9 Å². The molecule has 0 saturated heterocycles. The first-order valence-electron chi connectivity index (χ1n) is 7.48. The summed E-state index contributed by atoms with van der Waals surface area (Å²) in [7, 11) is 0. The van der Waals surface area contributed by atoms with E-state index in [9.17, 15) is 0 Å². The van der Waals surface area contributed by atoms with E-state index >= 15 is 0 Å². The van der Waals surface area contributed by atoms with Crippen LogP contribution in [0.25, 0.3) is 11.4 Å². The minimum atomic E-state index is 0.383. The summed E-state index contributed by atoms with van der Waals surface area (Å²) < 4.78 is 7.46. The van der Waals surface area contributed by atoms with Gasteiger partial charge in [-0.15, -0.1) is 0 Å². The standard InChI is InChI=1S/C17H14Cl2N4OS/c1-2-24-13-5-3-4-12(9-13)16-21-22-17(25)23(16)20-10-11-6-7-14(18)15(19)8-11/h3-10H,2H2,1H3,(H,22,25)/b20-10-. The number of ether oxygens (including phenoxy) is 1. The van der Waals surface area contributed by atoms with Crippen LogP contribution < -0.4 is 4.74 Å². The number of halogens is 2. The van der Waals surface area contributed by atoms with Crippen LogP contribution >= 0.6 is 35.4 Å². The minimum Gasteiger partial charge on any atom is -0.494 e. The fourth-order valence-corrected chi connectivity index (χ4v) is 2.68. The first kappa shape index (κ1) is 17.7. The molecule has 1 heterocycles. The van der Waals surface area contributed by atoms with Crippen molar-refractivity contribution >= 4 is 41.6 Å². The summed E-state index contributed by atoms with van der Waals surface area (Å²) in [5, 5.41) is 12.4. The summed E-state index contributed by atoms with van der Waals surface area (Å²) in [6.45, 7) is 2.52. The zero-order chi connectivity index (χ0) is 17.8. The molecule has 1 aromatic heterocycles. The third-order valence-corrected chi connectivity index (χ3v) is 4.32. The molecule has 2 aromatic carbocycles. The zero-order valence-electron chi connectivity index (χ0n) is 13.2. The summed E-state index contributed by atoms with van der Waals surface area (Å²) in [5.74, 6) is 1.34. The number of hydrogen-bond donors (Lipinski definition) is 1. The molecule has 3 rings (SSSR count). The second kappa shape index (κ2) is 7.82. The third kappa shape index (κ3) is 4.10. The lowest BCUT2D eigenvalue weighted by molar-refractivity contribution is 0.340. The van der Waals surface area contributed by atoms with Crippen molar-refractivity contribution in [1.29, 1.82) is 0 Å².